The monoisotopic (exact) mass is 334 g/mol. The summed E-state index contributed by atoms with van der Waals surface area (Å²) in [5.41, 5.74) is 3.78. The number of nitrogens with one attached hydrogen (secondary N) is 1. The number of aromatic amines is 1. The molecule has 0 fully saturated rings. The van der Waals surface area contributed by atoms with Crippen LogP contribution in [-0.2, 0) is 0 Å². The van der Waals surface area contributed by atoms with Gasteiger partial charge in [0, 0.05) is 11.3 Å². The number of rotatable bonds is 4. The van der Waals surface area contributed by atoms with Gasteiger partial charge in [0.05, 0.1) is 16.7 Å². The summed E-state index contributed by atoms with van der Waals surface area (Å²) in [5, 5.41) is 8.35. The van der Waals surface area contributed by atoms with Gasteiger partial charge in [-0.2, -0.15) is 5.10 Å². The normalized spacial score (nSPS) is 12.0. The van der Waals surface area contributed by atoms with E-state index in [1.54, 1.807) is 12.3 Å². The van der Waals surface area contributed by atoms with Crippen LogP contribution in [0.1, 0.15) is 17.5 Å². The molecule has 1 heterocycles. The summed E-state index contributed by atoms with van der Waals surface area (Å²) in [4.78, 5) is 0. The summed E-state index contributed by atoms with van der Waals surface area (Å²) >= 11 is 12.1. The maximum absolute atomic E-state index is 13.2. The Hall–Kier alpha value is -1.84. The predicted octanol–water partition coefficient (Wildman–Crippen LogP) is 5.52. The lowest BCUT2D eigenvalue weighted by molar-refractivity contribution is 0.628. The molecule has 1 aromatic heterocycles. The first-order valence-electron chi connectivity index (χ1n) is 6.82. The Bertz CT molecular complexity index is 840. The molecule has 0 bridgehead atoms. The van der Waals surface area contributed by atoms with Gasteiger partial charge >= 0.3 is 0 Å². The molecule has 3 rings (SSSR count). The molecule has 0 atom stereocenters. The van der Waals surface area contributed by atoms with E-state index in [0.717, 1.165) is 27.6 Å². The molecule has 0 unspecified atom stereocenters. The fourth-order valence-electron chi connectivity index (χ4n) is 2.39. The van der Waals surface area contributed by atoms with E-state index in [1.807, 2.05) is 24.3 Å². The second-order valence-electron chi connectivity index (χ2n) is 4.95. The molecule has 0 aliphatic rings. The number of hydrogen-bond acceptors (Lipinski definition) is 1. The Kier molecular flexibility index (Phi) is 4.46. The van der Waals surface area contributed by atoms with Crippen LogP contribution in [0.15, 0.2) is 42.6 Å². The van der Waals surface area contributed by atoms with E-state index in [0.29, 0.717) is 17.3 Å². The lowest BCUT2D eigenvalue weighted by atomic mass is 10.00. The molecule has 0 saturated carbocycles. The lowest BCUT2D eigenvalue weighted by Crippen LogP contribution is -1.90. The summed E-state index contributed by atoms with van der Waals surface area (Å²) in [6.45, 7) is 0. The van der Waals surface area contributed by atoms with Crippen LogP contribution in [-0.4, -0.2) is 16.1 Å². The summed E-state index contributed by atoms with van der Waals surface area (Å²) < 4.78 is 13.2. The summed E-state index contributed by atoms with van der Waals surface area (Å²) in [7, 11) is 0. The van der Waals surface area contributed by atoms with Crippen LogP contribution >= 0.6 is 23.2 Å². The average molecular weight is 335 g/mol. The molecule has 112 valence electrons. The van der Waals surface area contributed by atoms with Crippen molar-refractivity contribution in [3.05, 3.63) is 64.6 Å². The van der Waals surface area contributed by atoms with Crippen molar-refractivity contribution in [2.24, 2.45) is 0 Å². The first-order valence-corrected chi connectivity index (χ1v) is 7.74. The highest BCUT2D eigenvalue weighted by Crippen LogP contribution is 2.29. The van der Waals surface area contributed by atoms with Gasteiger partial charge in [-0.05, 0) is 47.4 Å². The molecule has 2 aromatic carbocycles. The minimum Gasteiger partial charge on any atom is -0.278 e. The zero-order valence-electron chi connectivity index (χ0n) is 11.6. The van der Waals surface area contributed by atoms with Crippen molar-refractivity contribution in [3.8, 4) is 0 Å². The van der Waals surface area contributed by atoms with Crippen molar-refractivity contribution in [2.75, 3.05) is 5.88 Å². The number of benzene rings is 2. The zero-order chi connectivity index (χ0) is 15.5. The molecule has 0 spiro atoms. The molecule has 3 aromatic rings. The summed E-state index contributed by atoms with van der Waals surface area (Å²) in [5.74, 6) is 0.117. The number of hydrogen-bond donors (Lipinski definition) is 1. The number of fused-ring (bicyclic) bond motifs is 1. The Morgan fingerprint density at radius 3 is 2.86 bits per heavy atom. The van der Waals surface area contributed by atoms with Gasteiger partial charge in [-0.1, -0.05) is 29.8 Å². The molecule has 1 N–H and O–H groups in total. The van der Waals surface area contributed by atoms with E-state index in [2.05, 4.69) is 10.2 Å². The van der Waals surface area contributed by atoms with E-state index in [-0.39, 0.29) is 5.82 Å². The third-order valence-corrected chi connectivity index (χ3v) is 3.95. The second kappa shape index (κ2) is 6.51. The Morgan fingerprint density at radius 2 is 2.09 bits per heavy atom. The number of nitrogens with zero attached hydrogens (tertiary/aromatic N) is 1. The van der Waals surface area contributed by atoms with E-state index in [4.69, 9.17) is 23.2 Å². The quantitative estimate of drug-likeness (QED) is 0.493. The van der Waals surface area contributed by atoms with Crippen molar-refractivity contribution >= 4 is 45.8 Å². The second-order valence-corrected chi connectivity index (χ2v) is 5.73. The van der Waals surface area contributed by atoms with Gasteiger partial charge in [-0.3, -0.25) is 5.10 Å². The SMILES string of the molecule is Fc1ccc(/C(=C/c2ccc3[nH]ncc3c2)CCCl)c(Cl)c1. The highest BCUT2D eigenvalue weighted by molar-refractivity contribution is 6.32. The highest BCUT2D eigenvalue weighted by Gasteiger charge is 2.08. The van der Waals surface area contributed by atoms with Gasteiger partial charge in [-0.25, -0.2) is 4.39 Å². The van der Waals surface area contributed by atoms with Gasteiger partial charge in [0.1, 0.15) is 5.82 Å². The van der Waals surface area contributed by atoms with E-state index >= 15 is 0 Å². The lowest BCUT2D eigenvalue weighted by Gasteiger charge is -2.09. The zero-order valence-corrected chi connectivity index (χ0v) is 13.1. The van der Waals surface area contributed by atoms with Crippen LogP contribution in [0.4, 0.5) is 4.39 Å². The average Bonchev–Trinajstić information content (AvgIpc) is 2.94. The number of aromatic nitrogens is 2. The largest absolute Gasteiger partial charge is 0.278 e. The first kappa shape index (κ1) is 15.1. The van der Waals surface area contributed by atoms with Gasteiger partial charge < -0.3 is 0 Å². The Morgan fingerprint density at radius 1 is 1.23 bits per heavy atom. The van der Waals surface area contributed by atoms with Crippen molar-refractivity contribution in [1.82, 2.24) is 10.2 Å². The molecule has 5 heteroatoms. The maximum atomic E-state index is 13.2. The van der Waals surface area contributed by atoms with Crippen molar-refractivity contribution in [1.29, 1.82) is 0 Å². The number of alkyl halides is 1. The van der Waals surface area contributed by atoms with Crippen LogP contribution in [0.25, 0.3) is 22.6 Å². The number of allylic oxidation sites excluding steroid dienone is 1. The Balaban J connectivity index is 2.05. The number of halogens is 3. The molecular formula is C17H13Cl2FN2. The van der Waals surface area contributed by atoms with Gasteiger partial charge in [0.25, 0.3) is 0 Å². The molecular weight excluding hydrogens is 322 g/mol. The minimum absolute atomic E-state index is 0.348. The number of H-pyrrole nitrogens is 1. The van der Waals surface area contributed by atoms with Crippen molar-refractivity contribution in [2.45, 2.75) is 6.42 Å². The Labute approximate surface area is 137 Å². The molecule has 0 radical (unpaired) electrons. The minimum atomic E-state index is -0.348. The third-order valence-electron chi connectivity index (χ3n) is 3.45. The molecule has 0 amide bonds. The van der Waals surface area contributed by atoms with E-state index in [9.17, 15) is 4.39 Å². The van der Waals surface area contributed by atoms with Gasteiger partial charge in [-0.15, -0.1) is 11.6 Å². The molecule has 2 nitrogen and oxygen atoms in total. The topological polar surface area (TPSA) is 28.7 Å². The molecule has 0 aliphatic carbocycles. The fourth-order valence-corrected chi connectivity index (χ4v) is 2.88. The summed E-state index contributed by atoms with van der Waals surface area (Å²) in [6, 6.07) is 10.4. The van der Waals surface area contributed by atoms with Gasteiger partial charge in [0.15, 0.2) is 0 Å². The standard InChI is InChI=1S/C17H13Cl2FN2/c18-6-5-12(15-3-2-14(20)9-16(15)19)7-11-1-4-17-13(8-11)10-21-22-17/h1-4,7-10H,5-6H2,(H,21,22)/b12-7+. The first-order chi connectivity index (χ1) is 10.7. The fraction of sp³-hybridized carbons (Fsp3) is 0.118. The van der Waals surface area contributed by atoms with Gasteiger partial charge in [0.2, 0.25) is 0 Å². The predicted molar refractivity (Wildman–Crippen MR) is 90.7 cm³/mol. The van der Waals surface area contributed by atoms with Crippen LogP contribution in [0.5, 0.6) is 0 Å². The smallest absolute Gasteiger partial charge is 0.124 e. The van der Waals surface area contributed by atoms with Crippen molar-refractivity contribution in [3.63, 3.8) is 0 Å². The van der Waals surface area contributed by atoms with Crippen LogP contribution in [0.3, 0.4) is 0 Å². The maximum Gasteiger partial charge on any atom is 0.124 e. The van der Waals surface area contributed by atoms with Crippen LogP contribution in [0, 0.1) is 5.82 Å². The summed E-state index contributed by atoms with van der Waals surface area (Å²) in [6.07, 6.45) is 4.45. The highest BCUT2D eigenvalue weighted by atomic mass is 35.5. The molecule has 0 aliphatic heterocycles. The third kappa shape index (κ3) is 3.16. The van der Waals surface area contributed by atoms with Crippen molar-refractivity contribution < 1.29 is 4.39 Å². The molecule has 22 heavy (non-hydrogen) atoms. The molecule has 0 saturated heterocycles. The van der Waals surface area contributed by atoms with E-state index in [1.165, 1.54) is 12.1 Å². The van der Waals surface area contributed by atoms with Crippen LogP contribution < -0.4 is 0 Å². The van der Waals surface area contributed by atoms with Crippen LogP contribution in [0.2, 0.25) is 5.02 Å². The van der Waals surface area contributed by atoms with E-state index < -0.39 is 0 Å².